The van der Waals surface area contributed by atoms with Crippen molar-refractivity contribution in [2.45, 2.75) is 25.2 Å². The molecule has 0 unspecified atom stereocenters. The summed E-state index contributed by atoms with van der Waals surface area (Å²) in [6.45, 7) is 0. The Morgan fingerprint density at radius 2 is 1.63 bits per heavy atom. The van der Waals surface area contributed by atoms with Crippen LogP contribution in [0.3, 0.4) is 0 Å². The number of halogens is 6. The highest BCUT2D eigenvalue weighted by Crippen LogP contribution is 2.38. The zero-order valence-electron chi connectivity index (χ0n) is 15.2. The van der Waals surface area contributed by atoms with Crippen molar-refractivity contribution in [1.82, 2.24) is 0 Å². The molecule has 0 aliphatic carbocycles. The summed E-state index contributed by atoms with van der Waals surface area (Å²) in [6, 6.07) is 3.15. The van der Waals surface area contributed by atoms with Crippen molar-refractivity contribution in [2.24, 2.45) is 0 Å². The van der Waals surface area contributed by atoms with Crippen molar-refractivity contribution in [1.29, 1.82) is 0 Å². The molecule has 30 heavy (non-hydrogen) atoms. The van der Waals surface area contributed by atoms with Crippen molar-refractivity contribution in [3.05, 3.63) is 58.1 Å². The van der Waals surface area contributed by atoms with Gasteiger partial charge in [-0.25, -0.2) is 4.79 Å². The maximum Gasteiger partial charge on any atom is 0.417 e. The number of carbonyl (C=O) groups is 2. The van der Waals surface area contributed by atoms with Crippen LogP contribution in [0.1, 0.15) is 43.8 Å². The molecule has 2 aromatic carbocycles. The van der Waals surface area contributed by atoms with Gasteiger partial charge >= 0.3 is 18.3 Å². The van der Waals surface area contributed by atoms with Gasteiger partial charge < -0.3 is 14.9 Å². The molecule has 162 valence electrons. The number of aromatic hydroxyl groups is 2. The van der Waals surface area contributed by atoms with E-state index >= 15 is 0 Å². The van der Waals surface area contributed by atoms with Crippen LogP contribution in [0.2, 0.25) is 0 Å². The van der Waals surface area contributed by atoms with Gasteiger partial charge in [0.15, 0.2) is 5.78 Å². The molecule has 5 nitrogen and oxygen atoms in total. The van der Waals surface area contributed by atoms with Crippen LogP contribution in [0.25, 0.3) is 0 Å². The van der Waals surface area contributed by atoms with Gasteiger partial charge in [-0.05, 0) is 36.2 Å². The van der Waals surface area contributed by atoms with Crippen molar-refractivity contribution in [2.75, 3.05) is 7.11 Å². The van der Waals surface area contributed by atoms with Crippen LogP contribution in [0.4, 0.5) is 26.3 Å². The number of alkyl halides is 6. The summed E-state index contributed by atoms with van der Waals surface area (Å²) in [5.41, 5.74) is -5.07. The Kier molecular flexibility index (Phi) is 6.33. The maximum absolute atomic E-state index is 13.1. The SMILES string of the molecule is COC(=O)c1cc(C(F)(F)F)cc(CCC(=O)c2c(O)cccc2C(F)(F)F)c1O. The smallest absolute Gasteiger partial charge is 0.417 e. The molecular weight excluding hydrogens is 422 g/mol. The highest BCUT2D eigenvalue weighted by molar-refractivity contribution is 6.00. The Morgan fingerprint density at radius 3 is 2.17 bits per heavy atom. The van der Waals surface area contributed by atoms with Gasteiger partial charge in [0, 0.05) is 6.42 Å². The molecule has 0 heterocycles. The first kappa shape index (κ1) is 23.0. The summed E-state index contributed by atoms with van der Waals surface area (Å²) in [7, 11) is 0.877. The van der Waals surface area contributed by atoms with Crippen LogP contribution in [-0.2, 0) is 23.5 Å². The quantitative estimate of drug-likeness (QED) is 0.402. The molecule has 0 fully saturated rings. The van der Waals surface area contributed by atoms with E-state index in [-0.39, 0.29) is 0 Å². The maximum atomic E-state index is 13.1. The fourth-order valence-electron chi connectivity index (χ4n) is 2.76. The van der Waals surface area contributed by atoms with Gasteiger partial charge in [0.1, 0.15) is 17.1 Å². The lowest BCUT2D eigenvalue weighted by Gasteiger charge is -2.15. The first-order valence-electron chi connectivity index (χ1n) is 8.21. The van der Waals surface area contributed by atoms with E-state index in [0.29, 0.717) is 18.2 Å². The number of hydrogen-bond acceptors (Lipinski definition) is 5. The normalized spacial score (nSPS) is 12.0. The minimum Gasteiger partial charge on any atom is -0.507 e. The number of rotatable bonds is 5. The van der Waals surface area contributed by atoms with Gasteiger partial charge in [0.2, 0.25) is 0 Å². The third-order valence-corrected chi connectivity index (χ3v) is 4.17. The van der Waals surface area contributed by atoms with Gasteiger partial charge in [0.05, 0.1) is 23.8 Å². The molecule has 0 aliphatic heterocycles. The van der Waals surface area contributed by atoms with Gasteiger partial charge in [-0.3, -0.25) is 4.79 Å². The first-order chi connectivity index (χ1) is 13.8. The van der Waals surface area contributed by atoms with Gasteiger partial charge in [-0.15, -0.1) is 0 Å². The number of hydrogen-bond donors (Lipinski definition) is 2. The largest absolute Gasteiger partial charge is 0.507 e. The molecule has 0 aromatic heterocycles. The fraction of sp³-hybridized carbons (Fsp3) is 0.263. The lowest BCUT2D eigenvalue weighted by atomic mass is 9.95. The Morgan fingerprint density at radius 1 is 1.00 bits per heavy atom. The van der Waals surface area contributed by atoms with E-state index in [0.717, 1.165) is 19.2 Å². The van der Waals surface area contributed by atoms with Crippen molar-refractivity contribution < 1.29 is 50.9 Å². The summed E-state index contributed by atoms with van der Waals surface area (Å²) in [5.74, 6) is -4.32. The number of carbonyl (C=O) groups excluding carboxylic acids is 2. The molecule has 11 heteroatoms. The highest BCUT2D eigenvalue weighted by atomic mass is 19.4. The third-order valence-electron chi connectivity index (χ3n) is 4.17. The molecule has 0 spiro atoms. The van der Waals surface area contributed by atoms with Gasteiger partial charge in [0.25, 0.3) is 0 Å². The summed E-state index contributed by atoms with van der Waals surface area (Å²) >= 11 is 0. The van der Waals surface area contributed by atoms with E-state index in [1.165, 1.54) is 0 Å². The number of ketones is 1. The fourth-order valence-corrected chi connectivity index (χ4v) is 2.76. The van der Waals surface area contributed by atoms with E-state index < -0.39 is 76.3 Å². The van der Waals surface area contributed by atoms with Crippen LogP contribution in [-0.4, -0.2) is 29.1 Å². The van der Waals surface area contributed by atoms with Crippen LogP contribution in [0.15, 0.2) is 30.3 Å². The van der Waals surface area contributed by atoms with Crippen molar-refractivity contribution in [3.8, 4) is 11.5 Å². The Hall–Kier alpha value is -3.24. The van der Waals surface area contributed by atoms with Crippen LogP contribution in [0, 0.1) is 0 Å². The molecule has 0 saturated heterocycles. The number of benzene rings is 2. The second-order valence-corrected chi connectivity index (χ2v) is 6.14. The number of phenols is 2. The molecule has 0 atom stereocenters. The minimum absolute atomic E-state index is 0.358. The van der Waals surface area contributed by atoms with E-state index in [9.17, 15) is 46.1 Å². The molecule has 0 aliphatic rings. The van der Waals surface area contributed by atoms with Crippen LogP contribution < -0.4 is 0 Å². The number of phenolic OH excluding ortho intramolecular Hbond substituents is 2. The Labute approximate surface area is 165 Å². The standard InChI is InChI=1S/C19H14F6O5/c1-30-17(29)11-8-10(18(20,21)22)7-9(16(11)28)5-6-14(27)15-12(19(23,24)25)3-2-4-13(15)26/h2-4,7-8,26,28H,5-6H2,1H3. The molecule has 0 saturated carbocycles. The Balaban J connectivity index is 2.43. The monoisotopic (exact) mass is 436 g/mol. The zero-order chi connectivity index (χ0) is 22.9. The number of Topliss-reactive ketones (excluding diaryl/α,β-unsaturated/α-hetero) is 1. The van der Waals surface area contributed by atoms with Crippen LogP contribution in [0.5, 0.6) is 11.5 Å². The zero-order valence-corrected chi connectivity index (χ0v) is 15.2. The number of aryl methyl sites for hydroxylation is 1. The molecule has 2 rings (SSSR count). The lowest BCUT2D eigenvalue weighted by molar-refractivity contribution is -0.138. The van der Waals surface area contributed by atoms with Gasteiger partial charge in [-0.1, -0.05) is 6.07 Å². The van der Waals surface area contributed by atoms with Crippen LogP contribution >= 0.6 is 0 Å². The first-order valence-corrected chi connectivity index (χ1v) is 8.21. The summed E-state index contributed by atoms with van der Waals surface area (Å²) in [6.07, 6.45) is -11.3. The predicted molar refractivity (Wildman–Crippen MR) is 90.2 cm³/mol. The van der Waals surface area contributed by atoms with Crippen molar-refractivity contribution in [3.63, 3.8) is 0 Å². The Bertz CT molecular complexity index is 979. The topological polar surface area (TPSA) is 83.8 Å². The summed E-state index contributed by atoms with van der Waals surface area (Å²) in [4.78, 5) is 24.0. The molecule has 0 amide bonds. The second-order valence-electron chi connectivity index (χ2n) is 6.14. The predicted octanol–water partition coefficient (Wildman–Crippen LogP) is 4.74. The van der Waals surface area contributed by atoms with E-state index in [4.69, 9.17) is 0 Å². The minimum atomic E-state index is -4.96. The number of ether oxygens (including phenoxy) is 1. The average Bonchev–Trinajstić information content (AvgIpc) is 2.64. The van der Waals surface area contributed by atoms with E-state index in [1.807, 2.05) is 0 Å². The summed E-state index contributed by atoms with van der Waals surface area (Å²) in [5, 5.41) is 19.8. The molecule has 2 aromatic rings. The van der Waals surface area contributed by atoms with Gasteiger partial charge in [-0.2, -0.15) is 26.3 Å². The number of esters is 1. The van der Waals surface area contributed by atoms with E-state index in [2.05, 4.69) is 4.74 Å². The summed E-state index contributed by atoms with van der Waals surface area (Å²) < 4.78 is 82.9. The molecule has 0 radical (unpaired) electrons. The molecule has 0 bridgehead atoms. The lowest BCUT2D eigenvalue weighted by Crippen LogP contribution is -2.14. The highest BCUT2D eigenvalue weighted by Gasteiger charge is 2.37. The molecule has 2 N–H and O–H groups in total. The third kappa shape index (κ3) is 4.84. The molecular formula is C19H14F6O5. The average molecular weight is 436 g/mol. The van der Waals surface area contributed by atoms with E-state index in [1.54, 1.807) is 0 Å². The number of methoxy groups -OCH3 is 1. The second kappa shape index (κ2) is 8.25. The van der Waals surface area contributed by atoms with Crippen molar-refractivity contribution >= 4 is 11.8 Å².